The first-order valence-electron chi connectivity index (χ1n) is 5.77. The van der Waals surface area contributed by atoms with E-state index in [1.807, 2.05) is 26.0 Å². The molecule has 0 amide bonds. The standard InChI is InChI=1S/C14H14N2O2S/c1-9-6-7-12(10(2)8-9)19-13-5-3-4-11(15)14(13)16(17)18/h3-8H,15H2,1-2H3. The lowest BCUT2D eigenvalue weighted by atomic mass is 10.2. The lowest BCUT2D eigenvalue weighted by Gasteiger charge is -2.08. The molecule has 2 N–H and O–H groups in total. The Morgan fingerprint density at radius 3 is 2.53 bits per heavy atom. The Kier molecular flexibility index (Phi) is 3.76. The van der Waals surface area contributed by atoms with Crippen LogP contribution in [-0.2, 0) is 0 Å². The van der Waals surface area contributed by atoms with Crippen LogP contribution in [0, 0.1) is 24.0 Å². The van der Waals surface area contributed by atoms with E-state index in [4.69, 9.17) is 5.73 Å². The van der Waals surface area contributed by atoms with Crippen LogP contribution in [0.5, 0.6) is 0 Å². The van der Waals surface area contributed by atoms with Gasteiger partial charge in [-0.15, -0.1) is 0 Å². The van der Waals surface area contributed by atoms with E-state index in [1.54, 1.807) is 18.2 Å². The van der Waals surface area contributed by atoms with Gasteiger partial charge in [-0.3, -0.25) is 10.1 Å². The van der Waals surface area contributed by atoms with E-state index in [0.29, 0.717) is 4.90 Å². The lowest BCUT2D eigenvalue weighted by Crippen LogP contribution is -1.97. The minimum absolute atomic E-state index is 0.0209. The van der Waals surface area contributed by atoms with E-state index < -0.39 is 4.92 Å². The molecule has 98 valence electrons. The maximum atomic E-state index is 11.1. The van der Waals surface area contributed by atoms with Crippen molar-refractivity contribution in [3.05, 3.63) is 57.6 Å². The maximum Gasteiger partial charge on any atom is 0.305 e. The Morgan fingerprint density at radius 1 is 1.16 bits per heavy atom. The van der Waals surface area contributed by atoms with E-state index in [9.17, 15) is 10.1 Å². The molecular weight excluding hydrogens is 260 g/mol. The van der Waals surface area contributed by atoms with Crippen molar-refractivity contribution in [1.29, 1.82) is 0 Å². The van der Waals surface area contributed by atoms with Gasteiger partial charge in [0.05, 0.1) is 9.82 Å². The Bertz CT molecular complexity index is 641. The zero-order valence-electron chi connectivity index (χ0n) is 10.7. The first-order valence-corrected chi connectivity index (χ1v) is 6.58. The number of nitrogens with zero attached hydrogens (tertiary/aromatic N) is 1. The van der Waals surface area contributed by atoms with E-state index in [2.05, 4.69) is 6.07 Å². The van der Waals surface area contributed by atoms with Crippen LogP contribution in [-0.4, -0.2) is 4.92 Å². The summed E-state index contributed by atoms with van der Waals surface area (Å²) in [6.45, 7) is 4.01. The SMILES string of the molecule is Cc1ccc(Sc2cccc(N)c2[N+](=O)[O-])c(C)c1. The third kappa shape index (κ3) is 2.88. The lowest BCUT2D eigenvalue weighted by molar-refractivity contribution is -0.386. The van der Waals surface area contributed by atoms with Crippen LogP contribution in [0.15, 0.2) is 46.2 Å². The maximum absolute atomic E-state index is 11.1. The van der Waals surface area contributed by atoms with E-state index in [-0.39, 0.29) is 11.4 Å². The second kappa shape index (κ2) is 5.32. The largest absolute Gasteiger partial charge is 0.393 e. The zero-order valence-corrected chi connectivity index (χ0v) is 11.5. The van der Waals surface area contributed by atoms with Gasteiger partial charge in [-0.05, 0) is 37.6 Å². The molecule has 0 aromatic heterocycles. The summed E-state index contributed by atoms with van der Waals surface area (Å²) < 4.78 is 0. The monoisotopic (exact) mass is 274 g/mol. The average Bonchev–Trinajstić information content (AvgIpc) is 2.32. The topological polar surface area (TPSA) is 69.2 Å². The summed E-state index contributed by atoms with van der Waals surface area (Å²) in [5.74, 6) is 0. The highest BCUT2D eigenvalue weighted by molar-refractivity contribution is 7.99. The Morgan fingerprint density at radius 2 is 1.89 bits per heavy atom. The van der Waals surface area contributed by atoms with Crippen LogP contribution in [0.2, 0.25) is 0 Å². The third-order valence-corrected chi connectivity index (χ3v) is 3.99. The fourth-order valence-electron chi connectivity index (χ4n) is 1.85. The van der Waals surface area contributed by atoms with Gasteiger partial charge in [0.1, 0.15) is 5.69 Å². The minimum Gasteiger partial charge on any atom is -0.393 e. The van der Waals surface area contributed by atoms with Gasteiger partial charge in [0, 0.05) is 4.90 Å². The normalized spacial score (nSPS) is 10.4. The number of aryl methyl sites for hydroxylation is 2. The van der Waals surface area contributed by atoms with Crippen LogP contribution >= 0.6 is 11.8 Å². The molecular formula is C14H14N2O2S. The van der Waals surface area contributed by atoms with Gasteiger partial charge in [-0.25, -0.2) is 0 Å². The van der Waals surface area contributed by atoms with E-state index in [1.165, 1.54) is 17.3 Å². The smallest absolute Gasteiger partial charge is 0.305 e. The number of hydrogen-bond acceptors (Lipinski definition) is 4. The summed E-state index contributed by atoms with van der Waals surface area (Å²) in [6.07, 6.45) is 0. The predicted octanol–water partition coefficient (Wildman–Crippen LogP) is 3.95. The fourth-order valence-corrected chi connectivity index (χ4v) is 2.88. The molecule has 0 saturated heterocycles. The highest BCUT2D eigenvalue weighted by Crippen LogP contribution is 2.39. The third-order valence-electron chi connectivity index (χ3n) is 2.76. The highest BCUT2D eigenvalue weighted by Gasteiger charge is 2.18. The van der Waals surface area contributed by atoms with Crippen molar-refractivity contribution in [1.82, 2.24) is 0 Å². The molecule has 0 radical (unpaired) electrons. The molecule has 0 saturated carbocycles. The van der Waals surface area contributed by atoms with Crippen molar-refractivity contribution in [3.8, 4) is 0 Å². The van der Waals surface area contributed by atoms with Gasteiger partial charge in [0.2, 0.25) is 0 Å². The number of para-hydroxylation sites is 1. The summed E-state index contributed by atoms with van der Waals surface area (Å²) in [5.41, 5.74) is 8.13. The molecule has 0 spiro atoms. The molecule has 0 unspecified atom stereocenters. The Hall–Kier alpha value is -2.01. The van der Waals surface area contributed by atoms with E-state index in [0.717, 1.165) is 10.5 Å². The van der Waals surface area contributed by atoms with Gasteiger partial charge < -0.3 is 5.73 Å². The van der Waals surface area contributed by atoms with Gasteiger partial charge >= 0.3 is 5.69 Å². The molecule has 0 atom stereocenters. The summed E-state index contributed by atoms with van der Waals surface area (Å²) in [5, 5.41) is 11.1. The number of benzene rings is 2. The van der Waals surface area contributed by atoms with Crippen LogP contribution < -0.4 is 5.73 Å². The molecule has 19 heavy (non-hydrogen) atoms. The van der Waals surface area contributed by atoms with Crippen molar-refractivity contribution in [2.45, 2.75) is 23.6 Å². The number of nitro benzene ring substituents is 1. The highest BCUT2D eigenvalue weighted by atomic mass is 32.2. The molecule has 0 aliphatic heterocycles. The van der Waals surface area contributed by atoms with Crippen LogP contribution in [0.4, 0.5) is 11.4 Å². The summed E-state index contributed by atoms with van der Waals surface area (Å²) >= 11 is 1.37. The quantitative estimate of drug-likeness (QED) is 0.523. The fraction of sp³-hybridized carbons (Fsp3) is 0.143. The number of anilines is 1. The molecule has 2 aromatic rings. The molecule has 0 heterocycles. The second-order valence-electron chi connectivity index (χ2n) is 4.32. The van der Waals surface area contributed by atoms with Crippen molar-refractivity contribution in [3.63, 3.8) is 0 Å². The Balaban J connectivity index is 2.44. The zero-order chi connectivity index (χ0) is 14.0. The number of rotatable bonds is 3. The van der Waals surface area contributed by atoms with Crippen molar-refractivity contribution in [2.75, 3.05) is 5.73 Å². The van der Waals surface area contributed by atoms with Gasteiger partial charge in [-0.2, -0.15) is 0 Å². The molecule has 0 fully saturated rings. The Labute approximate surface area is 115 Å². The van der Waals surface area contributed by atoms with Crippen molar-refractivity contribution >= 4 is 23.1 Å². The number of nitrogens with two attached hydrogens (primary N) is 1. The van der Waals surface area contributed by atoms with Crippen molar-refractivity contribution in [2.24, 2.45) is 0 Å². The summed E-state index contributed by atoms with van der Waals surface area (Å²) in [4.78, 5) is 12.2. The number of hydrogen-bond donors (Lipinski definition) is 1. The average molecular weight is 274 g/mol. The molecule has 0 aliphatic carbocycles. The van der Waals surface area contributed by atoms with Crippen LogP contribution in [0.3, 0.4) is 0 Å². The second-order valence-corrected chi connectivity index (χ2v) is 5.41. The molecule has 0 bridgehead atoms. The summed E-state index contributed by atoms with van der Waals surface area (Å²) in [7, 11) is 0. The first-order chi connectivity index (χ1) is 8.99. The van der Waals surface area contributed by atoms with Crippen molar-refractivity contribution < 1.29 is 4.92 Å². The van der Waals surface area contributed by atoms with Gasteiger partial charge in [-0.1, -0.05) is 35.5 Å². The molecule has 2 aromatic carbocycles. The van der Waals surface area contributed by atoms with E-state index >= 15 is 0 Å². The van der Waals surface area contributed by atoms with Crippen LogP contribution in [0.1, 0.15) is 11.1 Å². The number of nitro groups is 1. The minimum atomic E-state index is -0.429. The van der Waals surface area contributed by atoms with Gasteiger partial charge in [0.15, 0.2) is 0 Å². The summed E-state index contributed by atoms with van der Waals surface area (Å²) in [6, 6.07) is 11.0. The van der Waals surface area contributed by atoms with Crippen LogP contribution in [0.25, 0.3) is 0 Å². The molecule has 5 heteroatoms. The van der Waals surface area contributed by atoms with Gasteiger partial charge in [0.25, 0.3) is 0 Å². The predicted molar refractivity (Wildman–Crippen MR) is 77.5 cm³/mol. The molecule has 4 nitrogen and oxygen atoms in total. The molecule has 2 rings (SSSR count). The first kappa shape index (κ1) is 13.4. The molecule has 0 aliphatic rings. The number of nitrogen functional groups attached to an aromatic ring is 1.